The van der Waals surface area contributed by atoms with Crippen LogP contribution in [-0.4, -0.2) is 52.2 Å². The van der Waals surface area contributed by atoms with Crippen LogP contribution in [0.5, 0.6) is 0 Å². The average Bonchev–Trinajstić information content (AvgIpc) is 3.03. The first kappa shape index (κ1) is 16.4. The van der Waals surface area contributed by atoms with Crippen LogP contribution < -0.4 is 11.1 Å². The summed E-state index contributed by atoms with van der Waals surface area (Å²) in [6.07, 6.45) is 0. The van der Waals surface area contributed by atoms with Crippen molar-refractivity contribution in [1.82, 2.24) is 19.9 Å². The molecule has 2 aromatic rings. The summed E-state index contributed by atoms with van der Waals surface area (Å²) in [6, 6.07) is 7.72. The summed E-state index contributed by atoms with van der Waals surface area (Å²) in [5.74, 6) is 1.08. The SMILES string of the molecule is Cc1cccc(NC(=O)N2CCN(Cc3noc(CN)n3)CC2)c1. The Morgan fingerprint density at radius 1 is 1.33 bits per heavy atom. The van der Waals surface area contributed by atoms with Gasteiger partial charge in [-0.15, -0.1) is 0 Å². The van der Waals surface area contributed by atoms with Crippen LogP contribution in [0, 0.1) is 6.92 Å². The van der Waals surface area contributed by atoms with Crippen molar-refractivity contribution in [2.45, 2.75) is 20.0 Å². The second-order valence-corrected chi connectivity index (χ2v) is 5.87. The minimum absolute atomic E-state index is 0.0646. The number of benzene rings is 1. The van der Waals surface area contributed by atoms with E-state index in [1.54, 1.807) is 0 Å². The molecule has 8 nitrogen and oxygen atoms in total. The largest absolute Gasteiger partial charge is 0.338 e. The van der Waals surface area contributed by atoms with Gasteiger partial charge in [-0.3, -0.25) is 4.90 Å². The highest BCUT2D eigenvalue weighted by molar-refractivity contribution is 5.89. The zero-order valence-electron chi connectivity index (χ0n) is 13.7. The molecule has 3 N–H and O–H groups in total. The molecule has 0 unspecified atom stereocenters. The van der Waals surface area contributed by atoms with E-state index in [1.165, 1.54) is 0 Å². The van der Waals surface area contributed by atoms with Gasteiger partial charge in [0.1, 0.15) is 0 Å². The molecule has 1 aromatic carbocycles. The average molecular weight is 330 g/mol. The van der Waals surface area contributed by atoms with E-state index in [0.29, 0.717) is 31.3 Å². The van der Waals surface area contributed by atoms with Gasteiger partial charge in [-0.2, -0.15) is 4.98 Å². The molecule has 2 heterocycles. The fourth-order valence-corrected chi connectivity index (χ4v) is 2.67. The molecule has 8 heteroatoms. The molecule has 0 atom stereocenters. The first-order valence-corrected chi connectivity index (χ1v) is 8.00. The molecule has 1 aliphatic rings. The second kappa shape index (κ2) is 7.41. The molecular formula is C16H22N6O2. The number of hydrogen-bond acceptors (Lipinski definition) is 6. The van der Waals surface area contributed by atoms with Gasteiger partial charge in [-0.1, -0.05) is 17.3 Å². The van der Waals surface area contributed by atoms with Crippen molar-refractivity contribution in [2.24, 2.45) is 5.73 Å². The van der Waals surface area contributed by atoms with Crippen molar-refractivity contribution in [3.8, 4) is 0 Å². The Labute approximate surface area is 140 Å². The number of hydrogen-bond donors (Lipinski definition) is 2. The number of carbonyl (C=O) groups is 1. The maximum Gasteiger partial charge on any atom is 0.321 e. The van der Waals surface area contributed by atoms with E-state index < -0.39 is 0 Å². The van der Waals surface area contributed by atoms with Gasteiger partial charge in [-0.05, 0) is 24.6 Å². The number of urea groups is 1. The zero-order chi connectivity index (χ0) is 16.9. The molecule has 1 aliphatic heterocycles. The van der Waals surface area contributed by atoms with Crippen molar-refractivity contribution in [2.75, 3.05) is 31.5 Å². The Bertz CT molecular complexity index is 693. The summed E-state index contributed by atoms with van der Waals surface area (Å²) in [5.41, 5.74) is 7.40. The Kier molecular flexibility index (Phi) is 5.07. The van der Waals surface area contributed by atoms with Gasteiger partial charge in [0.25, 0.3) is 0 Å². The molecule has 0 saturated carbocycles. The number of aryl methyl sites for hydroxylation is 1. The van der Waals surface area contributed by atoms with Crippen LogP contribution in [-0.2, 0) is 13.1 Å². The van der Waals surface area contributed by atoms with Crippen molar-refractivity contribution in [1.29, 1.82) is 0 Å². The molecule has 1 aromatic heterocycles. The minimum atomic E-state index is -0.0646. The number of nitrogens with zero attached hydrogens (tertiary/aromatic N) is 4. The quantitative estimate of drug-likeness (QED) is 0.873. The van der Waals surface area contributed by atoms with Gasteiger partial charge >= 0.3 is 6.03 Å². The van der Waals surface area contributed by atoms with E-state index in [4.69, 9.17) is 10.3 Å². The Morgan fingerprint density at radius 2 is 2.12 bits per heavy atom. The molecular weight excluding hydrogens is 308 g/mol. The van der Waals surface area contributed by atoms with Gasteiger partial charge < -0.3 is 20.5 Å². The number of nitrogens with one attached hydrogen (secondary N) is 1. The highest BCUT2D eigenvalue weighted by Gasteiger charge is 2.22. The molecule has 3 rings (SSSR count). The van der Waals surface area contributed by atoms with Crippen LogP contribution >= 0.6 is 0 Å². The first-order valence-electron chi connectivity index (χ1n) is 8.00. The maximum absolute atomic E-state index is 12.3. The summed E-state index contributed by atoms with van der Waals surface area (Å²) in [7, 11) is 0. The lowest BCUT2D eigenvalue weighted by Gasteiger charge is -2.34. The molecule has 1 fully saturated rings. The highest BCUT2D eigenvalue weighted by Crippen LogP contribution is 2.12. The molecule has 0 spiro atoms. The van der Waals surface area contributed by atoms with Crippen LogP contribution in [0.25, 0.3) is 0 Å². The van der Waals surface area contributed by atoms with E-state index in [0.717, 1.165) is 24.3 Å². The van der Waals surface area contributed by atoms with E-state index in [9.17, 15) is 4.79 Å². The van der Waals surface area contributed by atoms with E-state index in [1.807, 2.05) is 36.1 Å². The van der Waals surface area contributed by atoms with Gasteiger partial charge in [-0.25, -0.2) is 4.79 Å². The number of anilines is 1. The van der Waals surface area contributed by atoms with Gasteiger partial charge in [0, 0.05) is 31.9 Å². The topological polar surface area (TPSA) is 101 Å². The third kappa shape index (κ3) is 4.09. The molecule has 2 amide bonds. The van der Waals surface area contributed by atoms with Crippen LogP contribution in [0.15, 0.2) is 28.8 Å². The number of rotatable bonds is 4. The maximum atomic E-state index is 12.3. The Hall–Kier alpha value is -2.45. The van der Waals surface area contributed by atoms with Crippen molar-refractivity contribution >= 4 is 11.7 Å². The van der Waals surface area contributed by atoms with Crippen LogP contribution in [0.3, 0.4) is 0 Å². The van der Waals surface area contributed by atoms with E-state index >= 15 is 0 Å². The standard InChI is InChI=1S/C16H22N6O2/c1-12-3-2-4-13(9-12)18-16(23)22-7-5-21(6-8-22)11-14-19-15(10-17)24-20-14/h2-4,9H,5-8,10-11,17H2,1H3,(H,18,23). The molecule has 0 aliphatic carbocycles. The number of aromatic nitrogens is 2. The Balaban J connectivity index is 1.48. The summed E-state index contributed by atoms with van der Waals surface area (Å²) in [4.78, 5) is 20.5. The molecule has 0 radical (unpaired) electrons. The van der Waals surface area contributed by atoms with Crippen molar-refractivity contribution in [3.63, 3.8) is 0 Å². The third-order valence-electron chi connectivity index (χ3n) is 3.98. The number of nitrogens with two attached hydrogens (primary N) is 1. The smallest absolute Gasteiger partial charge is 0.321 e. The Morgan fingerprint density at radius 3 is 2.79 bits per heavy atom. The summed E-state index contributed by atoms with van der Waals surface area (Å²) in [6.45, 7) is 5.74. The van der Waals surface area contributed by atoms with Crippen LogP contribution in [0.2, 0.25) is 0 Å². The molecule has 1 saturated heterocycles. The second-order valence-electron chi connectivity index (χ2n) is 5.87. The summed E-state index contributed by atoms with van der Waals surface area (Å²) < 4.78 is 5.00. The van der Waals surface area contributed by atoms with Gasteiger partial charge in [0.15, 0.2) is 5.82 Å². The predicted octanol–water partition coefficient (Wildman–Crippen LogP) is 1.19. The molecule has 0 bridgehead atoms. The van der Waals surface area contributed by atoms with Gasteiger partial charge in [0.05, 0.1) is 13.1 Å². The predicted molar refractivity (Wildman–Crippen MR) is 89.2 cm³/mol. The highest BCUT2D eigenvalue weighted by atomic mass is 16.5. The summed E-state index contributed by atoms with van der Waals surface area (Å²) in [5, 5.41) is 6.84. The monoisotopic (exact) mass is 330 g/mol. The fourth-order valence-electron chi connectivity index (χ4n) is 2.67. The normalized spacial score (nSPS) is 15.5. The van der Waals surface area contributed by atoms with Crippen molar-refractivity contribution < 1.29 is 9.32 Å². The first-order chi connectivity index (χ1) is 11.6. The van der Waals surface area contributed by atoms with Gasteiger partial charge in [0.2, 0.25) is 5.89 Å². The lowest BCUT2D eigenvalue weighted by molar-refractivity contribution is 0.140. The van der Waals surface area contributed by atoms with E-state index in [-0.39, 0.29) is 12.6 Å². The molecule has 24 heavy (non-hydrogen) atoms. The van der Waals surface area contributed by atoms with Crippen LogP contribution in [0.4, 0.5) is 10.5 Å². The number of carbonyl (C=O) groups excluding carboxylic acids is 1. The lowest BCUT2D eigenvalue weighted by atomic mass is 10.2. The summed E-state index contributed by atoms with van der Waals surface area (Å²) >= 11 is 0. The number of piperazine rings is 1. The van der Waals surface area contributed by atoms with Crippen LogP contribution in [0.1, 0.15) is 17.3 Å². The zero-order valence-corrected chi connectivity index (χ0v) is 13.7. The minimum Gasteiger partial charge on any atom is -0.338 e. The molecule has 128 valence electrons. The van der Waals surface area contributed by atoms with Crippen molar-refractivity contribution in [3.05, 3.63) is 41.5 Å². The third-order valence-corrected chi connectivity index (χ3v) is 3.98. The number of amides is 2. The van der Waals surface area contributed by atoms with E-state index in [2.05, 4.69) is 20.4 Å². The fraction of sp³-hybridized carbons (Fsp3) is 0.438. The lowest BCUT2D eigenvalue weighted by Crippen LogP contribution is -2.49.